The van der Waals surface area contributed by atoms with Crippen LogP contribution in [0.4, 0.5) is 11.4 Å². The predicted molar refractivity (Wildman–Crippen MR) is 122 cm³/mol. The summed E-state index contributed by atoms with van der Waals surface area (Å²) in [5.41, 5.74) is 7.88. The van der Waals surface area contributed by atoms with Crippen molar-refractivity contribution in [1.82, 2.24) is 0 Å². The van der Waals surface area contributed by atoms with E-state index in [1.54, 1.807) is 0 Å². The minimum absolute atomic E-state index is 0.207. The summed E-state index contributed by atoms with van der Waals surface area (Å²) < 4.78 is 0. The molecule has 2 rings (SSSR count). The highest BCUT2D eigenvalue weighted by molar-refractivity contribution is 5.65. The second kappa shape index (κ2) is 8.17. The largest absolute Gasteiger partial charge is 0.356 e. The zero-order valence-corrected chi connectivity index (χ0v) is 18.3. The van der Waals surface area contributed by atoms with E-state index < -0.39 is 0 Å². The molecule has 0 radical (unpaired) electrons. The second-order valence-corrected chi connectivity index (χ2v) is 9.52. The Balaban J connectivity index is 2.08. The fourth-order valence-corrected chi connectivity index (χ4v) is 2.43. The van der Waals surface area contributed by atoms with E-state index in [9.17, 15) is 0 Å². The molecule has 0 bridgehead atoms. The van der Waals surface area contributed by atoms with E-state index in [1.807, 2.05) is 0 Å². The molecule has 0 aliphatic carbocycles. The topological polar surface area (TPSA) is 12.0 Å². The van der Waals surface area contributed by atoms with Gasteiger partial charge in [0.15, 0.2) is 0 Å². The van der Waals surface area contributed by atoms with Crippen LogP contribution in [0.15, 0.2) is 59.7 Å². The first kappa shape index (κ1) is 21.0. The molecule has 0 aliphatic rings. The average Bonchev–Trinajstić information content (AvgIpc) is 2.56. The Kier molecular flexibility index (Phi) is 6.36. The fourth-order valence-electron chi connectivity index (χ4n) is 2.43. The van der Waals surface area contributed by atoms with Gasteiger partial charge in [0.05, 0.1) is 0 Å². The minimum Gasteiger partial charge on any atom is -0.356 e. The number of benzene rings is 2. The number of rotatable bonds is 4. The van der Waals surface area contributed by atoms with Gasteiger partial charge in [0.25, 0.3) is 0 Å². The van der Waals surface area contributed by atoms with Crippen LogP contribution in [-0.4, -0.2) is 0 Å². The summed E-state index contributed by atoms with van der Waals surface area (Å²) in [5, 5.41) is 3.48. The first-order valence-corrected chi connectivity index (χ1v) is 9.80. The SMILES string of the molecule is C/C(=C\c1ccc(Nc2ccc(/C=C(\C)C(C)(C)C)cc2)cc1)C(C)(C)C. The van der Waals surface area contributed by atoms with Crippen molar-refractivity contribution in [1.29, 1.82) is 0 Å². The molecule has 0 aromatic heterocycles. The standard InChI is InChI=1S/C26H35N/c1-19(25(3,4)5)17-21-9-13-23(14-10-21)27-24-15-11-22(12-16-24)18-20(2)26(6,7)8/h9-18,27H,1-8H3/b19-17+,20-18+. The van der Waals surface area contributed by atoms with Gasteiger partial charge in [-0.2, -0.15) is 0 Å². The van der Waals surface area contributed by atoms with Crippen LogP contribution < -0.4 is 5.32 Å². The molecule has 1 heteroatoms. The van der Waals surface area contributed by atoms with Crippen LogP contribution in [0.3, 0.4) is 0 Å². The molecule has 27 heavy (non-hydrogen) atoms. The summed E-state index contributed by atoms with van der Waals surface area (Å²) in [4.78, 5) is 0. The quantitative estimate of drug-likeness (QED) is 0.577. The molecule has 0 aliphatic heterocycles. The van der Waals surface area contributed by atoms with Crippen LogP contribution >= 0.6 is 0 Å². The number of anilines is 2. The molecule has 0 unspecified atom stereocenters. The third kappa shape index (κ3) is 6.43. The third-order valence-corrected chi connectivity index (χ3v) is 5.24. The first-order valence-electron chi connectivity index (χ1n) is 9.80. The number of hydrogen-bond donors (Lipinski definition) is 1. The maximum absolute atomic E-state index is 3.48. The molecule has 2 aromatic carbocycles. The van der Waals surface area contributed by atoms with Crippen molar-refractivity contribution in [2.45, 2.75) is 55.4 Å². The Bertz CT molecular complexity index is 733. The maximum atomic E-state index is 3.48. The molecule has 2 aromatic rings. The van der Waals surface area contributed by atoms with E-state index in [4.69, 9.17) is 0 Å². The van der Waals surface area contributed by atoms with Gasteiger partial charge in [-0.25, -0.2) is 0 Å². The highest BCUT2D eigenvalue weighted by Crippen LogP contribution is 2.28. The Morgan fingerprint density at radius 2 is 0.889 bits per heavy atom. The maximum Gasteiger partial charge on any atom is 0.0384 e. The lowest BCUT2D eigenvalue weighted by Crippen LogP contribution is -2.05. The molecule has 0 spiro atoms. The van der Waals surface area contributed by atoms with Gasteiger partial charge in [-0.05, 0) is 60.1 Å². The van der Waals surface area contributed by atoms with Crippen LogP contribution in [0.2, 0.25) is 0 Å². The van der Waals surface area contributed by atoms with Crippen molar-refractivity contribution in [3.05, 3.63) is 70.8 Å². The smallest absolute Gasteiger partial charge is 0.0384 e. The van der Waals surface area contributed by atoms with Gasteiger partial charge < -0.3 is 5.32 Å². The summed E-state index contributed by atoms with van der Waals surface area (Å²) in [5.74, 6) is 0. The number of hydrogen-bond acceptors (Lipinski definition) is 1. The number of nitrogens with one attached hydrogen (secondary N) is 1. The van der Waals surface area contributed by atoms with Crippen molar-refractivity contribution >= 4 is 23.5 Å². The molecular weight excluding hydrogens is 326 g/mol. The summed E-state index contributed by atoms with van der Waals surface area (Å²) >= 11 is 0. The lowest BCUT2D eigenvalue weighted by atomic mass is 9.86. The van der Waals surface area contributed by atoms with Crippen molar-refractivity contribution in [2.75, 3.05) is 5.32 Å². The lowest BCUT2D eigenvalue weighted by molar-refractivity contribution is 0.507. The molecule has 0 fully saturated rings. The van der Waals surface area contributed by atoms with E-state index in [-0.39, 0.29) is 10.8 Å². The third-order valence-electron chi connectivity index (χ3n) is 5.24. The minimum atomic E-state index is 0.207. The highest BCUT2D eigenvalue weighted by atomic mass is 14.9. The fraction of sp³-hybridized carbons (Fsp3) is 0.385. The van der Waals surface area contributed by atoms with Crippen LogP contribution in [0, 0.1) is 10.8 Å². The summed E-state index contributed by atoms with van der Waals surface area (Å²) in [7, 11) is 0. The molecule has 0 heterocycles. The van der Waals surface area contributed by atoms with Crippen molar-refractivity contribution in [3.63, 3.8) is 0 Å². The van der Waals surface area contributed by atoms with E-state index in [0.29, 0.717) is 0 Å². The molecule has 0 saturated heterocycles. The van der Waals surface area contributed by atoms with Crippen LogP contribution in [0.25, 0.3) is 12.2 Å². The van der Waals surface area contributed by atoms with Crippen LogP contribution in [0.5, 0.6) is 0 Å². The zero-order chi connectivity index (χ0) is 20.2. The Hall–Kier alpha value is -2.28. The van der Waals surface area contributed by atoms with Gasteiger partial charge in [-0.1, -0.05) is 89.1 Å². The van der Waals surface area contributed by atoms with Crippen molar-refractivity contribution in [3.8, 4) is 0 Å². The summed E-state index contributed by atoms with van der Waals surface area (Å²) in [6.07, 6.45) is 4.53. The Labute approximate surface area is 166 Å². The van der Waals surface area contributed by atoms with Gasteiger partial charge in [0.1, 0.15) is 0 Å². The highest BCUT2D eigenvalue weighted by Gasteiger charge is 2.12. The van der Waals surface area contributed by atoms with E-state index in [1.165, 1.54) is 22.3 Å². The van der Waals surface area contributed by atoms with Crippen molar-refractivity contribution in [2.24, 2.45) is 10.8 Å². The molecule has 0 saturated carbocycles. The van der Waals surface area contributed by atoms with E-state index in [2.05, 4.69) is 121 Å². The van der Waals surface area contributed by atoms with Crippen LogP contribution in [0.1, 0.15) is 66.5 Å². The molecule has 1 nitrogen and oxygen atoms in total. The molecule has 1 N–H and O–H groups in total. The van der Waals surface area contributed by atoms with Gasteiger partial charge in [0, 0.05) is 11.4 Å². The Morgan fingerprint density at radius 3 is 1.15 bits per heavy atom. The molecule has 144 valence electrons. The van der Waals surface area contributed by atoms with Crippen molar-refractivity contribution < 1.29 is 0 Å². The second-order valence-electron chi connectivity index (χ2n) is 9.52. The van der Waals surface area contributed by atoms with Gasteiger partial charge in [-0.15, -0.1) is 0 Å². The number of allylic oxidation sites excluding steroid dienone is 2. The lowest BCUT2D eigenvalue weighted by Gasteiger charge is -2.19. The summed E-state index contributed by atoms with van der Waals surface area (Å²) in [6.45, 7) is 17.9. The molecular formula is C26H35N. The predicted octanol–water partition coefficient (Wildman–Crippen LogP) is 8.33. The first-order chi connectivity index (χ1) is 12.4. The van der Waals surface area contributed by atoms with Gasteiger partial charge in [-0.3, -0.25) is 0 Å². The van der Waals surface area contributed by atoms with E-state index in [0.717, 1.165) is 11.4 Å². The van der Waals surface area contributed by atoms with Gasteiger partial charge in [0.2, 0.25) is 0 Å². The van der Waals surface area contributed by atoms with E-state index >= 15 is 0 Å². The van der Waals surface area contributed by atoms with Crippen LogP contribution in [-0.2, 0) is 0 Å². The normalized spacial score (nSPS) is 13.6. The average molecular weight is 362 g/mol. The Morgan fingerprint density at radius 1 is 0.593 bits per heavy atom. The monoisotopic (exact) mass is 361 g/mol. The molecule has 0 atom stereocenters. The van der Waals surface area contributed by atoms with Gasteiger partial charge >= 0.3 is 0 Å². The molecule has 0 amide bonds. The zero-order valence-electron chi connectivity index (χ0n) is 18.3. The summed E-state index contributed by atoms with van der Waals surface area (Å²) in [6, 6.07) is 17.2.